The van der Waals surface area contributed by atoms with Gasteiger partial charge < -0.3 is 18.9 Å². The molecule has 0 radical (unpaired) electrons. The Kier molecular flexibility index (Phi) is 6.69. The summed E-state index contributed by atoms with van der Waals surface area (Å²) in [5.41, 5.74) is 3.33. The lowest BCUT2D eigenvalue weighted by Crippen LogP contribution is -2.38. The molecule has 0 unspecified atom stereocenters. The number of fused-ring (bicyclic) bond motifs is 3. The summed E-state index contributed by atoms with van der Waals surface area (Å²) in [6, 6.07) is 11.6. The molecule has 2 aromatic rings. The van der Waals surface area contributed by atoms with Crippen LogP contribution in [0.2, 0.25) is 0 Å². The van der Waals surface area contributed by atoms with Crippen LogP contribution in [0, 0.1) is 0 Å². The van der Waals surface area contributed by atoms with E-state index in [-0.39, 0.29) is 5.78 Å². The Balaban J connectivity index is 1.19. The Morgan fingerprint density at radius 3 is 1.53 bits per heavy atom. The first-order chi connectivity index (χ1) is 15.8. The molecule has 2 fully saturated rings. The normalized spacial score (nSPS) is 18.9. The molecule has 0 saturated carbocycles. The number of morpholine rings is 2. The Morgan fingerprint density at radius 2 is 1.09 bits per heavy atom. The van der Waals surface area contributed by atoms with Gasteiger partial charge in [-0.2, -0.15) is 0 Å². The SMILES string of the molecule is O=C1c2cc(OCCN3CCOCC3)ccc2-c2ccc(OCCN3CCOCC3)cc21. The van der Waals surface area contributed by atoms with E-state index in [4.69, 9.17) is 18.9 Å². The van der Waals surface area contributed by atoms with E-state index in [9.17, 15) is 4.79 Å². The average Bonchev–Trinajstić information content (AvgIpc) is 3.11. The lowest BCUT2D eigenvalue weighted by molar-refractivity contribution is 0.0321. The first kappa shape index (κ1) is 21.4. The highest BCUT2D eigenvalue weighted by Gasteiger charge is 2.27. The highest BCUT2D eigenvalue weighted by molar-refractivity contribution is 6.22. The lowest BCUT2D eigenvalue weighted by atomic mass is 10.1. The molecule has 0 spiro atoms. The molecule has 7 heteroatoms. The van der Waals surface area contributed by atoms with Crippen molar-refractivity contribution in [1.82, 2.24) is 9.80 Å². The zero-order chi connectivity index (χ0) is 21.8. The number of hydrogen-bond acceptors (Lipinski definition) is 7. The summed E-state index contributed by atoms with van der Waals surface area (Å²) in [4.78, 5) is 17.7. The van der Waals surface area contributed by atoms with Crippen LogP contribution in [-0.2, 0) is 9.47 Å². The van der Waals surface area contributed by atoms with Gasteiger partial charge in [0.2, 0.25) is 0 Å². The van der Waals surface area contributed by atoms with E-state index in [0.717, 1.165) is 88.3 Å². The van der Waals surface area contributed by atoms with Gasteiger partial charge in [-0.05, 0) is 47.5 Å². The number of carbonyl (C=O) groups is 1. The van der Waals surface area contributed by atoms with Crippen LogP contribution in [0.4, 0.5) is 0 Å². The van der Waals surface area contributed by atoms with Crippen molar-refractivity contribution >= 4 is 5.78 Å². The second-order valence-electron chi connectivity index (χ2n) is 8.35. The molecule has 2 aliphatic heterocycles. The summed E-state index contributed by atoms with van der Waals surface area (Å²) in [7, 11) is 0. The van der Waals surface area contributed by atoms with Gasteiger partial charge in [0.15, 0.2) is 5.78 Å². The summed E-state index contributed by atoms with van der Waals surface area (Å²) in [6.45, 7) is 9.82. The van der Waals surface area contributed by atoms with Crippen molar-refractivity contribution in [3.8, 4) is 22.6 Å². The van der Waals surface area contributed by atoms with Gasteiger partial charge >= 0.3 is 0 Å². The molecule has 1 aliphatic carbocycles. The molecule has 2 saturated heterocycles. The summed E-state index contributed by atoms with van der Waals surface area (Å²) < 4.78 is 22.6. The molecule has 0 aromatic heterocycles. The average molecular weight is 439 g/mol. The number of rotatable bonds is 8. The summed E-state index contributed by atoms with van der Waals surface area (Å²) in [6.07, 6.45) is 0. The monoisotopic (exact) mass is 438 g/mol. The van der Waals surface area contributed by atoms with Crippen molar-refractivity contribution in [3.05, 3.63) is 47.5 Å². The Labute approximate surface area is 188 Å². The maximum Gasteiger partial charge on any atom is 0.194 e. The van der Waals surface area contributed by atoms with E-state index >= 15 is 0 Å². The minimum Gasteiger partial charge on any atom is -0.492 e. The lowest BCUT2D eigenvalue weighted by Gasteiger charge is -2.26. The number of nitrogens with zero attached hydrogens (tertiary/aromatic N) is 2. The molecule has 7 nitrogen and oxygen atoms in total. The number of ketones is 1. The molecular weight excluding hydrogens is 408 g/mol. The molecule has 0 N–H and O–H groups in total. The maximum atomic E-state index is 13.1. The van der Waals surface area contributed by atoms with Crippen molar-refractivity contribution < 1.29 is 23.7 Å². The van der Waals surface area contributed by atoms with E-state index in [1.54, 1.807) is 0 Å². The van der Waals surface area contributed by atoms with Crippen LogP contribution in [0.15, 0.2) is 36.4 Å². The molecule has 0 amide bonds. The van der Waals surface area contributed by atoms with E-state index in [0.29, 0.717) is 24.3 Å². The van der Waals surface area contributed by atoms with Gasteiger partial charge in [-0.25, -0.2) is 0 Å². The number of ether oxygens (including phenoxy) is 4. The predicted octanol–water partition coefficient (Wildman–Crippen LogP) is 2.32. The van der Waals surface area contributed by atoms with Crippen molar-refractivity contribution in [2.45, 2.75) is 0 Å². The largest absolute Gasteiger partial charge is 0.492 e. The van der Waals surface area contributed by atoms with Gasteiger partial charge in [0.05, 0.1) is 26.4 Å². The fourth-order valence-electron chi connectivity index (χ4n) is 4.45. The third kappa shape index (κ3) is 4.81. The topological polar surface area (TPSA) is 60.5 Å². The van der Waals surface area contributed by atoms with E-state index in [2.05, 4.69) is 9.80 Å². The van der Waals surface area contributed by atoms with Gasteiger partial charge in [0.1, 0.15) is 24.7 Å². The minimum absolute atomic E-state index is 0.0345. The molecule has 170 valence electrons. The molecular formula is C25H30N2O5. The first-order valence-corrected chi connectivity index (χ1v) is 11.5. The zero-order valence-electron chi connectivity index (χ0n) is 18.4. The maximum absolute atomic E-state index is 13.1. The van der Waals surface area contributed by atoms with Crippen LogP contribution in [0.25, 0.3) is 11.1 Å². The number of benzene rings is 2. The predicted molar refractivity (Wildman–Crippen MR) is 121 cm³/mol. The van der Waals surface area contributed by atoms with Gasteiger partial charge in [0.25, 0.3) is 0 Å². The number of carbonyl (C=O) groups excluding carboxylic acids is 1. The highest BCUT2D eigenvalue weighted by Crippen LogP contribution is 2.39. The minimum atomic E-state index is 0.0345. The smallest absolute Gasteiger partial charge is 0.194 e. The molecule has 32 heavy (non-hydrogen) atoms. The first-order valence-electron chi connectivity index (χ1n) is 11.5. The van der Waals surface area contributed by atoms with Crippen LogP contribution >= 0.6 is 0 Å². The van der Waals surface area contributed by atoms with Crippen LogP contribution in [0.3, 0.4) is 0 Å². The summed E-state index contributed by atoms with van der Waals surface area (Å²) >= 11 is 0. The standard InChI is InChI=1S/C25H30N2O5/c28-25-23-17-19(31-15-9-26-5-11-29-12-6-26)1-3-21(23)22-4-2-20(18-24(22)25)32-16-10-27-7-13-30-14-8-27/h1-4,17-18H,5-16H2. The van der Waals surface area contributed by atoms with Crippen molar-refractivity contribution in [1.29, 1.82) is 0 Å². The van der Waals surface area contributed by atoms with Crippen LogP contribution in [-0.4, -0.2) is 94.5 Å². The molecule has 0 bridgehead atoms. The van der Waals surface area contributed by atoms with E-state index < -0.39 is 0 Å². The third-order valence-corrected chi connectivity index (χ3v) is 6.32. The van der Waals surface area contributed by atoms with Gasteiger partial charge in [-0.15, -0.1) is 0 Å². The second kappa shape index (κ2) is 10.0. The van der Waals surface area contributed by atoms with Crippen LogP contribution in [0.1, 0.15) is 15.9 Å². The van der Waals surface area contributed by atoms with Crippen LogP contribution < -0.4 is 9.47 Å². The Hall–Kier alpha value is -2.45. The fourth-order valence-corrected chi connectivity index (χ4v) is 4.45. The molecule has 2 aromatic carbocycles. The molecule has 2 heterocycles. The Bertz CT molecular complexity index is 876. The number of hydrogen-bond donors (Lipinski definition) is 0. The van der Waals surface area contributed by atoms with Gasteiger partial charge in [0, 0.05) is 50.4 Å². The molecule has 3 aliphatic rings. The quantitative estimate of drug-likeness (QED) is 0.535. The van der Waals surface area contributed by atoms with Crippen LogP contribution in [0.5, 0.6) is 11.5 Å². The summed E-state index contributed by atoms with van der Waals surface area (Å²) in [5, 5.41) is 0. The fraction of sp³-hybridized carbons (Fsp3) is 0.480. The second-order valence-corrected chi connectivity index (χ2v) is 8.35. The van der Waals surface area contributed by atoms with E-state index in [1.807, 2.05) is 36.4 Å². The molecule has 0 atom stereocenters. The van der Waals surface area contributed by atoms with Gasteiger partial charge in [-0.3, -0.25) is 14.6 Å². The van der Waals surface area contributed by atoms with Crippen molar-refractivity contribution in [3.63, 3.8) is 0 Å². The highest BCUT2D eigenvalue weighted by atomic mass is 16.5. The van der Waals surface area contributed by atoms with Crippen molar-refractivity contribution in [2.75, 3.05) is 78.9 Å². The van der Waals surface area contributed by atoms with Crippen molar-refractivity contribution in [2.24, 2.45) is 0 Å². The molecule has 5 rings (SSSR count). The summed E-state index contributed by atoms with van der Waals surface area (Å²) in [5.74, 6) is 1.51. The third-order valence-electron chi connectivity index (χ3n) is 6.32. The van der Waals surface area contributed by atoms with Gasteiger partial charge in [-0.1, -0.05) is 0 Å². The van der Waals surface area contributed by atoms with E-state index in [1.165, 1.54) is 0 Å². The Morgan fingerprint density at radius 1 is 0.656 bits per heavy atom. The zero-order valence-corrected chi connectivity index (χ0v) is 18.4.